The van der Waals surface area contributed by atoms with Gasteiger partial charge in [-0.3, -0.25) is 0 Å². The van der Waals surface area contributed by atoms with Gasteiger partial charge in [0.15, 0.2) is 11.7 Å². The van der Waals surface area contributed by atoms with E-state index in [9.17, 15) is 8.78 Å². The van der Waals surface area contributed by atoms with Crippen molar-refractivity contribution < 1.29 is 17.9 Å². The molecule has 0 saturated carbocycles. The first kappa shape index (κ1) is 14.6. The molecular weight excluding hydrogens is 266 g/mol. The number of benzene rings is 1. The number of ether oxygens (including phenoxy) is 1. The van der Waals surface area contributed by atoms with Crippen molar-refractivity contribution in [1.82, 2.24) is 10.3 Å². The third-order valence-electron chi connectivity index (χ3n) is 2.70. The van der Waals surface area contributed by atoms with Crippen molar-refractivity contribution in [2.24, 2.45) is 0 Å². The molecule has 0 radical (unpaired) electrons. The topological polar surface area (TPSA) is 47.3 Å². The van der Waals surface area contributed by atoms with Gasteiger partial charge in [-0.05, 0) is 12.1 Å². The lowest BCUT2D eigenvalue weighted by atomic mass is 10.2. The summed E-state index contributed by atoms with van der Waals surface area (Å²) in [5.74, 6) is -0.400. The van der Waals surface area contributed by atoms with Crippen LogP contribution in [0.2, 0.25) is 0 Å². The molecule has 20 heavy (non-hydrogen) atoms. The highest BCUT2D eigenvalue weighted by atomic mass is 19.1. The SMILES string of the molecule is COCCNCCc1ncc(-c2cc(F)cc(F)c2)o1. The normalized spacial score (nSPS) is 10.9. The third kappa shape index (κ3) is 4.11. The molecule has 0 saturated heterocycles. The minimum Gasteiger partial charge on any atom is -0.441 e. The Kier molecular flexibility index (Phi) is 5.20. The molecule has 0 bridgehead atoms. The van der Waals surface area contributed by atoms with Gasteiger partial charge in [0, 0.05) is 38.2 Å². The summed E-state index contributed by atoms with van der Waals surface area (Å²) in [6.07, 6.45) is 2.07. The Balaban J connectivity index is 1.94. The highest BCUT2D eigenvalue weighted by Crippen LogP contribution is 2.22. The zero-order valence-electron chi connectivity index (χ0n) is 11.2. The van der Waals surface area contributed by atoms with E-state index in [-0.39, 0.29) is 0 Å². The van der Waals surface area contributed by atoms with Crippen molar-refractivity contribution in [3.05, 3.63) is 41.9 Å². The van der Waals surface area contributed by atoms with Gasteiger partial charge in [0.2, 0.25) is 0 Å². The average molecular weight is 282 g/mol. The Morgan fingerprint density at radius 2 is 1.95 bits per heavy atom. The minimum atomic E-state index is -0.640. The summed E-state index contributed by atoms with van der Waals surface area (Å²) < 4.78 is 36.6. The van der Waals surface area contributed by atoms with Crippen molar-refractivity contribution in [2.75, 3.05) is 26.8 Å². The molecule has 0 unspecified atom stereocenters. The molecule has 1 heterocycles. The first-order valence-electron chi connectivity index (χ1n) is 6.30. The Hall–Kier alpha value is -1.79. The Morgan fingerprint density at radius 1 is 1.20 bits per heavy atom. The second kappa shape index (κ2) is 7.12. The number of hydrogen-bond acceptors (Lipinski definition) is 4. The summed E-state index contributed by atoms with van der Waals surface area (Å²) in [7, 11) is 1.64. The molecular formula is C14H16F2N2O2. The second-order valence-electron chi connectivity index (χ2n) is 4.27. The van der Waals surface area contributed by atoms with Crippen LogP contribution in [0.4, 0.5) is 8.78 Å². The number of hydrogen-bond donors (Lipinski definition) is 1. The molecule has 108 valence electrons. The van der Waals surface area contributed by atoms with Gasteiger partial charge in [-0.25, -0.2) is 13.8 Å². The van der Waals surface area contributed by atoms with Crippen LogP contribution in [-0.2, 0) is 11.2 Å². The molecule has 6 heteroatoms. The number of aromatic nitrogens is 1. The lowest BCUT2D eigenvalue weighted by Crippen LogP contribution is -2.21. The molecule has 0 aliphatic heterocycles. The predicted octanol–water partition coefficient (Wildman–Crippen LogP) is 2.40. The first-order valence-corrected chi connectivity index (χ1v) is 6.30. The van der Waals surface area contributed by atoms with E-state index in [0.29, 0.717) is 36.8 Å². The smallest absolute Gasteiger partial charge is 0.196 e. The number of methoxy groups -OCH3 is 1. The van der Waals surface area contributed by atoms with Gasteiger partial charge >= 0.3 is 0 Å². The molecule has 4 nitrogen and oxygen atoms in total. The molecule has 0 spiro atoms. The van der Waals surface area contributed by atoms with Gasteiger partial charge in [-0.1, -0.05) is 0 Å². The summed E-state index contributed by atoms with van der Waals surface area (Å²) in [5, 5.41) is 3.16. The van der Waals surface area contributed by atoms with Crippen LogP contribution in [0.5, 0.6) is 0 Å². The fourth-order valence-corrected chi connectivity index (χ4v) is 1.75. The average Bonchev–Trinajstić information content (AvgIpc) is 2.86. The molecule has 0 fully saturated rings. The lowest BCUT2D eigenvalue weighted by molar-refractivity contribution is 0.199. The van der Waals surface area contributed by atoms with Crippen molar-refractivity contribution in [3.8, 4) is 11.3 Å². The second-order valence-corrected chi connectivity index (χ2v) is 4.27. The Labute approximate surface area is 115 Å². The van der Waals surface area contributed by atoms with Gasteiger partial charge in [-0.2, -0.15) is 0 Å². The Bertz CT molecular complexity index is 538. The number of halogens is 2. The standard InChI is InChI=1S/C14H16F2N2O2/c1-19-5-4-17-3-2-14-18-9-13(20-14)10-6-11(15)8-12(16)7-10/h6-9,17H,2-5H2,1H3. The van der Waals surface area contributed by atoms with E-state index in [2.05, 4.69) is 10.3 Å². The largest absolute Gasteiger partial charge is 0.441 e. The maximum absolute atomic E-state index is 13.1. The molecule has 0 amide bonds. The zero-order chi connectivity index (χ0) is 14.4. The first-order chi connectivity index (χ1) is 9.69. The molecule has 2 rings (SSSR count). The van der Waals surface area contributed by atoms with Crippen molar-refractivity contribution >= 4 is 0 Å². The predicted molar refractivity (Wildman–Crippen MR) is 70.3 cm³/mol. The van der Waals surface area contributed by atoms with E-state index in [0.717, 1.165) is 12.6 Å². The van der Waals surface area contributed by atoms with Crippen LogP contribution < -0.4 is 5.32 Å². The van der Waals surface area contributed by atoms with Gasteiger partial charge in [0.1, 0.15) is 11.6 Å². The molecule has 0 aliphatic carbocycles. The summed E-state index contributed by atoms with van der Waals surface area (Å²) in [6, 6.07) is 3.24. The summed E-state index contributed by atoms with van der Waals surface area (Å²) in [5.41, 5.74) is 0.341. The van der Waals surface area contributed by atoms with Crippen LogP contribution in [0.3, 0.4) is 0 Å². The zero-order valence-corrected chi connectivity index (χ0v) is 11.2. The highest BCUT2D eigenvalue weighted by molar-refractivity contribution is 5.56. The van der Waals surface area contributed by atoms with E-state index in [1.165, 1.54) is 18.3 Å². The molecule has 0 atom stereocenters. The van der Waals surface area contributed by atoms with E-state index >= 15 is 0 Å². The summed E-state index contributed by atoms with van der Waals surface area (Å²) >= 11 is 0. The number of rotatable bonds is 7. The highest BCUT2D eigenvalue weighted by Gasteiger charge is 2.09. The number of nitrogens with zero attached hydrogens (tertiary/aromatic N) is 1. The molecule has 1 aromatic heterocycles. The monoisotopic (exact) mass is 282 g/mol. The maximum atomic E-state index is 13.1. The fourth-order valence-electron chi connectivity index (χ4n) is 1.75. The molecule has 1 aromatic carbocycles. The lowest BCUT2D eigenvalue weighted by Gasteiger charge is -2.01. The van der Waals surface area contributed by atoms with Crippen LogP contribution in [-0.4, -0.2) is 31.8 Å². The quantitative estimate of drug-likeness (QED) is 0.792. The van der Waals surface area contributed by atoms with E-state index in [1.807, 2.05) is 0 Å². The summed E-state index contributed by atoms with van der Waals surface area (Å²) in [6.45, 7) is 2.08. The van der Waals surface area contributed by atoms with Crippen molar-refractivity contribution in [3.63, 3.8) is 0 Å². The van der Waals surface area contributed by atoms with Gasteiger partial charge in [0.05, 0.1) is 12.8 Å². The van der Waals surface area contributed by atoms with E-state index < -0.39 is 11.6 Å². The maximum Gasteiger partial charge on any atom is 0.196 e. The summed E-state index contributed by atoms with van der Waals surface area (Å²) in [4.78, 5) is 4.09. The molecule has 0 aliphatic rings. The van der Waals surface area contributed by atoms with Crippen LogP contribution in [0.15, 0.2) is 28.8 Å². The van der Waals surface area contributed by atoms with E-state index in [1.54, 1.807) is 7.11 Å². The third-order valence-corrected chi connectivity index (χ3v) is 2.70. The van der Waals surface area contributed by atoms with Crippen molar-refractivity contribution in [2.45, 2.75) is 6.42 Å². The van der Waals surface area contributed by atoms with Crippen LogP contribution in [0.25, 0.3) is 11.3 Å². The Morgan fingerprint density at radius 3 is 2.65 bits per heavy atom. The number of nitrogens with one attached hydrogen (secondary N) is 1. The van der Waals surface area contributed by atoms with Crippen LogP contribution >= 0.6 is 0 Å². The van der Waals surface area contributed by atoms with Crippen LogP contribution in [0.1, 0.15) is 5.89 Å². The number of oxazole rings is 1. The molecule has 2 aromatic rings. The molecule has 1 N–H and O–H groups in total. The van der Waals surface area contributed by atoms with Gasteiger partial charge < -0.3 is 14.5 Å². The fraction of sp³-hybridized carbons (Fsp3) is 0.357. The van der Waals surface area contributed by atoms with Crippen molar-refractivity contribution in [1.29, 1.82) is 0 Å². The van der Waals surface area contributed by atoms with Gasteiger partial charge in [-0.15, -0.1) is 0 Å². The minimum absolute atomic E-state index is 0.341. The van der Waals surface area contributed by atoms with E-state index in [4.69, 9.17) is 9.15 Å². The van der Waals surface area contributed by atoms with Crippen LogP contribution in [0, 0.1) is 11.6 Å². The van der Waals surface area contributed by atoms with Gasteiger partial charge in [0.25, 0.3) is 0 Å².